The molecule has 0 aromatic heterocycles. The first-order valence-electron chi connectivity index (χ1n) is 6.52. The van der Waals surface area contributed by atoms with Gasteiger partial charge >= 0.3 is 0 Å². The van der Waals surface area contributed by atoms with Gasteiger partial charge in [-0.2, -0.15) is 0 Å². The molecule has 0 heterocycles. The van der Waals surface area contributed by atoms with Crippen LogP contribution in [0.2, 0.25) is 10.0 Å². The van der Waals surface area contributed by atoms with E-state index in [-0.39, 0.29) is 6.04 Å². The SMILES string of the molecule is CCc1ccc(C(N)CSc2cc(Cl)ccc2Cl)cc1. The fraction of sp³-hybridized carbons (Fsp3) is 0.250. The van der Waals surface area contributed by atoms with E-state index < -0.39 is 0 Å². The highest BCUT2D eigenvalue weighted by molar-refractivity contribution is 7.99. The maximum absolute atomic E-state index is 6.23. The van der Waals surface area contributed by atoms with Crippen LogP contribution in [0, 0.1) is 0 Å². The molecule has 1 nitrogen and oxygen atoms in total. The Morgan fingerprint density at radius 3 is 2.45 bits per heavy atom. The number of benzene rings is 2. The minimum atomic E-state index is -0.0130. The predicted octanol–water partition coefficient (Wildman–Crippen LogP) is 5.35. The zero-order chi connectivity index (χ0) is 14.5. The molecule has 0 bridgehead atoms. The molecule has 106 valence electrons. The molecule has 0 radical (unpaired) electrons. The Bertz CT molecular complexity index is 569. The summed E-state index contributed by atoms with van der Waals surface area (Å²) in [6.45, 7) is 2.14. The maximum atomic E-state index is 6.23. The van der Waals surface area contributed by atoms with Crippen molar-refractivity contribution in [3.63, 3.8) is 0 Å². The predicted molar refractivity (Wildman–Crippen MR) is 89.9 cm³/mol. The summed E-state index contributed by atoms with van der Waals surface area (Å²) in [7, 11) is 0. The van der Waals surface area contributed by atoms with Gasteiger partial charge in [-0.3, -0.25) is 0 Å². The van der Waals surface area contributed by atoms with Crippen LogP contribution in [-0.4, -0.2) is 5.75 Å². The van der Waals surface area contributed by atoms with Gasteiger partial charge in [0.05, 0.1) is 5.02 Å². The lowest BCUT2D eigenvalue weighted by molar-refractivity contribution is 0.830. The number of thioether (sulfide) groups is 1. The van der Waals surface area contributed by atoms with E-state index in [2.05, 4.69) is 31.2 Å². The molecule has 2 aromatic rings. The molecular weight excluding hydrogens is 309 g/mol. The monoisotopic (exact) mass is 325 g/mol. The molecular formula is C16H17Cl2NS. The van der Waals surface area contributed by atoms with Gasteiger partial charge in [0.25, 0.3) is 0 Å². The number of nitrogens with two attached hydrogens (primary N) is 1. The number of rotatable bonds is 5. The first kappa shape index (κ1) is 15.7. The summed E-state index contributed by atoms with van der Waals surface area (Å²) in [6.07, 6.45) is 1.04. The van der Waals surface area contributed by atoms with E-state index in [1.807, 2.05) is 12.1 Å². The Hall–Kier alpha value is -0.670. The van der Waals surface area contributed by atoms with Crippen molar-refractivity contribution >= 4 is 35.0 Å². The second kappa shape index (κ2) is 7.37. The van der Waals surface area contributed by atoms with E-state index in [9.17, 15) is 0 Å². The molecule has 4 heteroatoms. The van der Waals surface area contributed by atoms with Crippen molar-refractivity contribution in [3.8, 4) is 0 Å². The quantitative estimate of drug-likeness (QED) is 0.750. The van der Waals surface area contributed by atoms with Gasteiger partial charge in [-0.25, -0.2) is 0 Å². The fourth-order valence-electron chi connectivity index (χ4n) is 1.86. The summed E-state index contributed by atoms with van der Waals surface area (Å²) in [5.41, 5.74) is 8.70. The third kappa shape index (κ3) is 4.16. The van der Waals surface area contributed by atoms with Crippen molar-refractivity contribution in [1.82, 2.24) is 0 Å². The molecule has 20 heavy (non-hydrogen) atoms. The normalized spacial score (nSPS) is 12.4. The highest BCUT2D eigenvalue weighted by Gasteiger charge is 2.09. The van der Waals surface area contributed by atoms with Crippen LogP contribution < -0.4 is 5.73 Å². The average Bonchev–Trinajstić information content (AvgIpc) is 2.48. The van der Waals surface area contributed by atoms with Gasteiger partial charge in [0, 0.05) is 21.7 Å². The van der Waals surface area contributed by atoms with Crippen molar-refractivity contribution in [1.29, 1.82) is 0 Å². The van der Waals surface area contributed by atoms with Crippen molar-refractivity contribution < 1.29 is 0 Å². The molecule has 0 saturated heterocycles. The van der Waals surface area contributed by atoms with Crippen LogP contribution in [0.1, 0.15) is 24.1 Å². The molecule has 0 fully saturated rings. The zero-order valence-corrected chi connectivity index (χ0v) is 13.6. The molecule has 1 unspecified atom stereocenters. The van der Waals surface area contributed by atoms with E-state index in [1.54, 1.807) is 17.8 Å². The van der Waals surface area contributed by atoms with Crippen LogP contribution in [0.4, 0.5) is 0 Å². The van der Waals surface area contributed by atoms with Crippen molar-refractivity contribution in [2.75, 3.05) is 5.75 Å². The summed E-state index contributed by atoms with van der Waals surface area (Å²) in [5, 5.41) is 1.41. The van der Waals surface area contributed by atoms with E-state index >= 15 is 0 Å². The van der Waals surface area contributed by atoms with Crippen molar-refractivity contribution in [2.45, 2.75) is 24.3 Å². The lowest BCUT2D eigenvalue weighted by atomic mass is 10.1. The number of aryl methyl sites for hydroxylation is 1. The van der Waals surface area contributed by atoms with Crippen LogP contribution in [-0.2, 0) is 6.42 Å². The van der Waals surface area contributed by atoms with E-state index in [1.165, 1.54) is 5.56 Å². The smallest absolute Gasteiger partial charge is 0.0542 e. The van der Waals surface area contributed by atoms with Gasteiger partial charge < -0.3 is 5.73 Å². The van der Waals surface area contributed by atoms with E-state index in [0.717, 1.165) is 22.6 Å². The first-order valence-corrected chi connectivity index (χ1v) is 8.26. The van der Waals surface area contributed by atoms with Gasteiger partial charge in [0.15, 0.2) is 0 Å². The third-order valence-corrected chi connectivity index (χ3v) is 4.98. The summed E-state index contributed by atoms with van der Waals surface area (Å²) in [5.74, 6) is 0.769. The third-order valence-electron chi connectivity index (χ3n) is 3.13. The van der Waals surface area contributed by atoms with Crippen LogP contribution in [0.25, 0.3) is 0 Å². The van der Waals surface area contributed by atoms with Crippen LogP contribution in [0.5, 0.6) is 0 Å². The molecule has 0 aliphatic carbocycles. The van der Waals surface area contributed by atoms with Gasteiger partial charge in [0.1, 0.15) is 0 Å². The van der Waals surface area contributed by atoms with Gasteiger partial charge in [-0.15, -0.1) is 11.8 Å². The first-order chi connectivity index (χ1) is 9.60. The molecule has 0 spiro atoms. The Morgan fingerprint density at radius 2 is 1.80 bits per heavy atom. The number of hydrogen-bond donors (Lipinski definition) is 1. The minimum absolute atomic E-state index is 0.0130. The molecule has 2 rings (SSSR count). The summed E-state index contributed by atoms with van der Waals surface area (Å²) < 4.78 is 0. The topological polar surface area (TPSA) is 26.0 Å². The molecule has 2 N–H and O–H groups in total. The highest BCUT2D eigenvalue weighted by atomic mass is 35.5. The molecule has 0 amide bonds. The molecule has 0 aliphatic heterocycles. The van der Waals surface area contributed by atoms with Gasteiger partial charge in [-0.1, -0.05) is 54.4 Å². The molecule has 0 aliphatic rings. The number of hydrogen-bond acceptors (Lipinski definition) is 2. The van der Waals surface area contributed by atoms with E-state index in [4.69, 9.17) is 28.9 Å². The van der Waals surface area contributed by atoms with Crippen LogP contribution in [0.15, 0.2) is 47.4 Å². The Kier molecular flexibility index (Phi) is 5.79. The Labute approximate surface area is 134 Å². The molecule has 2 aromatic carbocycles. The Morgan fingerprint density at radius 1 is 1.10 bits per heavy atom. The largest absolute Gasteiger partial charge is 0.323 e. The summed E-state index contributed by atoms with van der Waals surface area (Å²) >= 11 is 13.8. The van der Waals surface area contributed by atoms with E-state index in [0.29, 0.717) is 10.0 Å². The van der Waals surface area contributed by atoms with Gasteiger partial charge in [0.2, 0.25) is 0 Å². The maximum Gasteiger partial charge on any atom is 0.0542 e. The van der Waals surface area contributed by atoms with Crippen LogP contribution >= 0.6 is 35.0 Å². The lowest BCUT2D eigenvalue weighted by Crippen LogP contribution is -2.12. The lowest BCUT2D eigenvalue weighted by Gasteiger charge is -2.13. The molecule has 1 atom stereocenters. The van der Waals surface area contributed by atoms with Crippen molar-refractivity contribution in [3.05, 3.63) is 63.6 Å². The standard InChI is InChI=1S/C16H17Cl2NS/c1-2-11-3-5-12(6-4-11)15(19)10-20-16-9-13(17)7-8-14(16)18/h3-9,15H,2,10,19H2,1H3. The molecule has 0 saturated carbocycles. The fourth-order valence-corrected chi connectivity index (χ4v) is 3.35. The second-order valence-corrected chi connectivity index (χ2v) is 6.49. The number of halogens is 2. The summed E-state index contributed by atoms with van der Waals surface area (Å²) in [6, 6.07) is 13.9. The average molecular weight is 326 g/mol. The van der Waals surface area contributed by atoms with Crippen molar-refractivity contribution in [2.24, 2.45) is 5.73 Å². The highest BCUT2D eigenvalue weighted by Crippen LogP contribution is 2.32. The Balaban J connectivity index is 2.00. The van der Waals surface area contributed by atoms with Crippen LogP contribution in [0.3, 0.4) is 0 Å². The van der Waals surface area contributed by atoms with Gasteiger partial charge in [-0.05, 0) is 35.7 Å². The second-order valence-electron chi connectivity index (χ2n) is 4.59. The summed E-state index contributed by atoms with van der Waals surface area (Å²) in [4.78, 5) is 0.972. The minimum Gasteiger partial charge on any atom is -0.323 e. The zero-order valence-electron chi connectivity index (χ0n) is 11.3.